The van der Waals surface area contributed by atoms with Crippen LogP contribution in [0, 0.1) is 0 Å². The van der Waals surface area contributed by atoms with E-state index in [-0.39, 0.29) is 0 Å². The van der Waals surface area contributed by atoms with E-state index in [1.807, 2.05) is 12.1 Å². The quantitative estimate of drug-likeness (QED) is 0.786. The summed E-state index contributed by atoms with van der Waals surface area (Å²) in [4.78, 5) is 0. The van der Waals surface area contributed by atoms with E-state index >= 15 is 0 Å². The third kappa shape index (κ3) is 4.37. The molecule has 21 heavy (non-hydrogen) atoms. The van der Waals surface area contributed by atoms with Gasteiger partial charge in [-0.2, -0.15) is 0 Å². The van der Waals surface area contributed by atoms with Gasteiger partial charge in [0.15, 0.2) is 0 Å². The van der Waals surface area contributed by atoms with Crippen LogP contribution in [0.3, 0.4) is 0 Å². The summed E-state index contributed by atoms with van der Waals surface area (Å²) in [5.74, 6) is 0.488. The summed E-state index contributed by atoms with van der Waals surface area (Å²) in [5.41, 5.74) is 2.91. The van der Waals surface area contributed by atoms with Crippen molar-refractivity contribution in [2.24, 2.45) is 0 Å². The van der Waals surface area contributed by atoms with Gasteiger partial charge in [0.05, 0.1) is 16.8 Å². The van der Waals surface area contributed by atoms with E-state index in [0.29, 0.717) is 22.5 Å². The Morgan fingerprint density at radius 1 is 1.00 bits per heavy atom. The Morgan fingerprint density at radius 2 is 1.62 bits per heavy atom. The largest absolute Gasteiger partial charge is 0.387 e. The number of aliphatic hydroxyl groups excluding tert-OH is 1. The van der Waals surface area contributed by atoms with E-state index in [0.717, 1.165) is 11.3 Å². The lowest BCUT2D eigenvalue weighted by molar-refractivity contribution is 0.191. The molecular weight excluding hydrogens is 305 g/mol. The van der Waals surface area contributed by atoms with Crippen molar-refractivity contribution in [2.75, 3.05) is 11.9 Å². The fraction of sp³-hybridized carbons (Fsp3) is 0.294. The number of rotatable bonds is 5. The van der Waals surface area contributed by atoms with Gasteiger partial charge in [0.1, 0.15) is 0 Å². The van der Waals surface area contributed by atoms with Gasteiger partial charge in [-0.3, -0.25) is 0 Å². The number of benzene rings is 2. The van der Waals surface area contributed by atoms with Crippen molar-refractivity contribution in [3.8, 4) is 0 Å². The van der Waals surface area contributed by atoms with Gasteiger partial charge in [-0.25, -0.2) is 0 Å². The van der Waals surface area contributed by atoms with Crippen LogP contribution >= 0.6 is 23.2 Å². The summed E-state index contributed by atoms with van der Waals surface area (Å²) in [5, 5.41) is 14.5. The molecule has 0 radical (unpaired) electrons. The SMILES string of the molecule is CC(C)c1ccc(C(O)CNc2ccc(Cl)cc2Cl)cc1. The molecule has 0 aliphatic rings. The third-order valence-corrected chi connectivity index (χ3v) is 3.95. The zero-order chi connectivity index (χ0) is 15.4. The van der Waals surface area contributed by atoms with Crippen LogP contribution < -0.4 is 5.32 Å². The summed E-state index contributed by atoms with van der Waals surface area (Å²) >= 11 is 11.9. The molecule has 0 heterocycles. The molecule has 2 aromatic rings. The number of anilines is 1. The van der Waals surface area contributed by atoms with Gasteiger partial charge < -0.3 is 10.4 Å². The van der Waals surface area contributed by atoms with Crippen LogP contribution in [0.15, 0.2) is 42.5 Å². The predicted molar refractivity (Wildman–Crippen MR) is 90.4 cm³/mol. The zero-order valence-electron chi connectivity index (χ0n) is 12.1. The van der Waals surface area contributed by atoms with Gasteiger partial charge in [-0.15, -0.1) is 0 Å². The van der Waals surface area contributed by atoms with E-state index in [4.69, 9.17) is 23.2 Å². The number of hydrogen-bond acceptors (Lipinski definition) is 2. The first-order valence-corrected chi connectivity index (χ1v) is 7.70. The molecule has 2 rings (SSSR count). The van der Waals surface area contributed by atoms with Crippen molar-refractivity contribution in [3.05, 3.63) is 63.6 Å². The van der Waals surface area contributed by atoms with Gasteiger partial charge in [-0.05, 0) is 35.2 Å². The molecule has 0 spiro atoms. The van der Waals surface area contributed by atoms with Gasteiger partial charge in [0, 0.05) is 11.6 Å². The number of hydrogen-bond donors (Lipinski definition) is 2. The number of aliphatic hydroxyl groups is 1. The molecular formula is C17H19Cl2NO. The maximum Gasteiger partial charge on any atom is 0.0962 e. The van der Waals surface area contributed by atoms with E-state index in [1.54, 1.807) is 18.2 Å². The second-order valence-electron chi connectivity index (χ2n) is 5.34. The highest BCUT2D eigenvalue weighted by molar-refractivity contribution is 6.36. The van der Waals surface area contributed by atoms with Crippen molar-refractivity contribution in [1.82, 2.24) is 0 Å². The lowest BCUT2D eigenvalue weighted by atomic mass is 10.00. The van der Waals surface area contributed by atoms with Crippen molar-refractivity contribution >= 4 is 28.9 Å². The first-order valence-electron chi connectivity index (χ1n) is 6.94. The number of halogens is 2. The molecule has 2 nitrogen and oxygen atoms in total. The first-order chi connectivity index (χ1) is 9.97. The van der Waals surface area contributed by atoms with Crippen molar-refractivity contribution in [2.45, 2.75) is 25.9 Å². The number of nitrogens with one attached hydrogen (secondary N) is 1. The molecule has 0 aliphatic heterocycles. The molecule has 1 unspecified atom stereocenters. The second-order valence-corrected chi connectivity index (χ2v) is 6.19. The molecule has 0 bridgehead atoms. The molecule has 2 aromatic carbocycles. The molecule has 0 fully saturated rings. The topological polar surface area (TPSA) is 32.3 Å². The zero-order valence-corrected chi connectivity index (χ0v) is 13.6. The Morgan fingerprint density at radius 3 is 2.19 bits per heavy atom. The molecule has 0 aromatic heterocycles. The summed E-state index contributed by atoms with van der Waals surface area (Å²) in [7, 11) is 0. The smallest absolute Gasteiger partial charge is 0.0962 e. The Bertz CT molecular complexity index is 596. The molecule has 0 saturated carbocycles. The van der Waals surface area contributed by atoms with Crippen LogP contribution in [0.2, 0.25) is 10.0 Å². The highest BCUT2D eigenvalue weighted by Crippen LogP contribution is 2.26. The molecule has 0 saturated heterocycles. The Labute approximate surface area is 135 Å². The van der Waals surface area contributed by atoms with Crippen LogP contribution in [0.25, 0.3) is 0 Å². The summed E-state index contributed by atoms with van der Waals surface area (Å²) in [6.45, 7) is 4.69. The first kappa shape index (κ1) is 16.2. The Balaban J connectivity index is 1.99. The van der Waals surface area contributed by atoms with E-state index < -0.39 is 6.10 Å². The molecule has 0 aliphatic carbocycles. The third-order valence-electron chi connectivity index (χ3n) is 3.40. The maximum absolute atomic E-state index is 10.2. The summed E-state index contributed by atoms with van der Waals surface area (Å²) < 4.78 is 0. The fourth-order valence-electron chi connectivity index (χ4n) is 2.06. The summed E-state index contributed by atoms with van der Waals surface area (Å²) in [6.07, 6.45) is -0.585. The second kappa shape index (κ2) is 7.17. The molecule has 2 N–H and O–H groups in total. The van der Waals surface area contributed by atoms with Crippen molar-refractivity contribution in [3.63, 3.8) is 0 Å². The van der Waals surface area contributed by atoms with Gasteiger partial charge in [0.2, 0.25) is 0 Å². The summed E-state index contributed by atoms with van der Waals surface area (Å²) in [6, 6.07) is 13.3. The lowest BCUT2D eigenvalue weighted by Crippen LogP contribution is -2.12. The van der Waals surface area contributed by atoms with Crippen LogP contribution in [0.4, 0.5) is 5.69 Å². The molecule has 4 heteroatoms. The van der Waals surface area contributed by atoms with Gasteiger partial charge in [0.25, 0.3) is 0 Å². The maximum atomic E-state index is 10.2. The van der Waals surface area contributed by atoms with E-state index in [9.17, 15) is 5.11 Å². The Hall–Kier alpha value is -1.22. The minimum atomic E-state index is -0.585. The van der Waals surface area contributed by atoms with Crippen LogP contribution in [-0.4, -0.2) is 11.7 Å². The average Bonchev–Trinajstić information content (AvgIpc) is 2.46. The monoisotopic (exact) mass is 323 g/mol. The van der Waals surface area contributed by atoms with Crippen molar-refractivity contribution < 1.29 is 5.11 Å². The van der Waals surface area contributed by atoms with Crippen LogP contribution in [0.1, 0.15) is 37.0 Å². The standard InChI is InChI=1S/C17H19Cl2NO/c1-11(2)12-3-5-13(6-4-12)17(21)10-20-16-8-7-14(18)9-15(16)19/h3-9,11,17,20-21H,10H2,1-2H3. The van der Waals surface area contributed by atoms with Crippen molar-refractivity contribution in [1.29, 1.82) is 0 Å². The highest BCUT2D eigenvalue weighted by atomic mass is 35.5. The van der Waals surface area contributed by atoms with Crippen LogP contribution in [0.5, 0.6) is 0 Å². The molecule has 112 valence electrons. The lowest BCUT2D eigenvalue weighted by Gasteiger charge is -2.15. The normalized spacial score (nSPS) is 12.5. The van der Waals surface area contributed by atoms with E-state index in [1.165, 1.54) is 5.56 Å². The Kier molecular flexibility index (Phi) is 5.51. The molecule has 0 amide bonds. The minimum absolute atomic E-state index is 0.391. The van der Waals surface area contributed by atoms with Gasteiger partial charge >= 0.3 is 0 Å². The average molecular weight is 324 g/mol. The molecule has 1 atom stereocenters. The fourth-order valence-corrected chi connectivity index (χ4v) is 2.54. The van der Waals surface area contributed by atoms with Crippen LogP contribution in [-0.2, 0) is 0 Å². The van der Waals surface area contributed by atoms with Gasteiger partial charge in [-0.1, -0.05) is 61.3 Å². The predicted octanol–water partition coefficient (Wildman–Crippen LogP) is 5.26. The highest BCUT2D eigenvalue weighted by Gasteiger charge is 2.09. The van der Waals surface area contributed by atoms with E-state index in [2.05, 4.69) is 31.3 Å². The minimum Gasteiger partial charge on any atom is -0.387 e.